The maximum absolute atomic E-state index is 11.8. The molecule has 0 aliphatic rings. The first kappa shape index (κ1) is 16.0. The van der Waals surface area contributed by atoms with E-state index in [0.29, 0.717) is 17.9 Å². The Labute approximate surface area is 131 Å². The van der Waals surface area contributed by atoms with E-state index in [-0.39, 0.29) is 5.91 Å². The number of hydrogen-bond acceptors (Lipinski definition) is 3. The van der Waals surface area contributed by atoms with Crippen LogP contribution < -0.4 is 4.74 Å². The number of benzene rings is 2. The number of ether oxygens (including phenoxy) is 1. The summed E-state index contributed by atoms with van der Waals surface area (Å²) in [7, 11) is 3.46. The molecule has 0 radical (unpaired) electrons. The molecule has 1 N–H and O–H groups in total. The van der Waals surface area contributed by atoms with Crippen molar-refractivity contribution >= 4 is 5.91 Å². The number of carbonyl (C=O) groups excluding carboxylic acids is 1. The van der Waals surface area contributed by atoms with Gasteiger partial charge in [0.2, 0.25) is 0 Å². The molecular weight excluding hydrogens is 278 g/mol. The lowest BCUT2D eigenvalue weighted by molar-refractivity contribution is 0.0827. The number of aliphatic hydroxyl groups is 1. The molecule has 0 aliphatic carbocycles. The van der Waals surface area contributed by atoms with Crippen LogP contribution in [0.15, 0.2) is 48.5 Å². The Kier molecular flexibility index (Phi) is 5.17. The summed E-state index contributed by atoms with van der Waals surface area (Å²) in [6.45, 7) is 2.14. The quantitative estimate of drug-likeness (QED) is 0.923. The second kappa shape index (κ2) is 7.09. The van der Waals surface area contributed by atoms with Gasteiger partial charge in [-0.25, -0.2) is 0 Å². The van der Waals surface area contributed by atoms with Crippen molar-refractivity contribution in [3.8, 4) is 5.75 Å². The predicted molar refractivity (Wildman–Crippen MR) is 85.9 cm³/mol. The van der Waals surface area contributed by atoms with Crippen molar-refractivity contribution in [3.05, 3.63) is 65.2 Å². The van der Waals surface area contributed by atoms with E-state index < -0.39 is 6.10 Å². The summed E-state index contributed by atoms with van der Waals surface area (Å²) in [5.41, 5.74) is 2.46. The molecule has 1 atom stereocenters. The zero-order valence-electron chi connectivity index (χ0n) is 13.1. The van der Waals surface area contributed by atoms with E-state index in [1.54, 1.807) is 38.1 Å². The molecule has 0 aromatic heterocycles. The summed E-state index contributed by atoms with van der Waals surface area (Å²) >= 11 is 0. The molecule has 0 saturated carbocycles. The highest BCUT2D eigenvalue weighted by Crippen LogP contribution is 2.20. The molecule has 0 heterocycles. The summed E-state index contributed by atoms with van der Waals surface area (Å²) in [5.74, 6) is 0.698. The third kappa shape index (κ3) is 4.09. The first-order valence-corrected chi connectivity index (χ1v) is 7.19. The lowest BCUT2D eigenvalue weighted by Gasteiger charge is -2.11. The van der Waals surface area contributed by atoms with E-state index in [9.17, 15) is 9.90 Å². The molecule has 116 valence electrons. The van der Waals surface area contributed by atoms with Gasteiger partial charge in [0.15, 0.2) is 0 Å². The maximum atomic E-state index is 11.8. The minimum absolute atomic E-state index is 0.0166. The molecule has 1 amide bonds. The number of hydrogen-bond donors (Lipinski definition) is 1. The highest BCUT2D eigenvalue weighted by Gasteiger charge is 2.07. The fourth-order valence-electron chi connectivity index (χ4n) is 2.03. The molecule has 4 heteroatoms. The van der Waals surface area contributed by atoms with Crippen LogP contribution in [0.25, 0.3) is 0 Å². The normalized spacial score (nSPS) is 11.8. The van der Waals surface area contributed by atoms with Crippen molar-refractivity contribution in [2.75, 3.05) is 14.1 Å². The Morgan fingerprint density at radius 2 is 1.86 bits per heavy atom. The molecule has 4 nitrogen and oxygen atoms in total. The Balaban J connectivity index is 2.00. The summed E-state index contributed by atoms with van der Waals surface area (Å²) in [4.78, 5) is 13.4. The Hall–Kier alpha value is -2.33. The van der Waals surface area contributed by atoms with Crippen LogP contribution >= 0.6 is 0 Å². The van der Waals surface area contributed by atoms with Crippen molar-refractivity contribution in [1.82, 2.24) is 4.90 Å². The second-order valence-electron chi connectivity index (χ2n) is 5.43. The lowest BCUT2D eigenvalue weighted by Crippen LogP contribution is -2.21. The average molecular weight is 299 g/mol. The number of amides is 1. The molecule has 0 spiro atoms. The molecule has 1 unspecified atom stereocenters. The van der Waals surface area contributed by atoms with Crippen molar-refractivity contribution in [3.63, 3.8) is 0 Å². The van der Waals surface area contributed by atoms with Crippen LogP contribution in [0.3, 0.4) is 0 Å². The zero-order chi connectivity index (χ0) is 16.1. The van der Waals surface area contributed by atoms with Gasteiger partial charge in [0.25, 0.3) is 5.91 Å². The van der Waals surface area contributed by atoms with E-state index in [1.807, 2.05) is 36.4 Å². The molecule has 2 aromatic carbocycles. The Morgan fingerprint density at radius 3 is 2.45 bits per heavy atom. The summed E-state index contributed by atoms with van der Waals surface area (Å²) in [6.07, 6.45) is -0.514. The Bertz CT molecular complexity index is 633. The van der Waals surface area contributed by atoms with Crippen LogP contribution in [0.1, 0.15) is 34.5 Å². The predicted octanol–water partition coefficient (Wildman–Crippen LogP) is 3.02. The number of aliphatic hydroxyl groups excluding tert-OH is 1. The molecule has 22 heavy (non-hydrogen) atoms. The largest absolute Gasteiger partial charge is 0.489 e. The van der Waals surface area contributed by atoms with Gasteiger partial charge in [-0.05, 0) is 42.3 Å². The van der Waals surface area contributed by atoms with Crippen LogP contribution in [-0.2, 0) is 6.61 Å². The first-order chi connectivity index (χ1) is 10.5. The van der Waals surface area contributed by atoms with E-state index in [0.717, 1.165) is 11.1 Å². The number of rotatable bonds is 5. The second-order valence-corrected chi connectivity index (χ2v) is 5.43. The van der Waals surface area contributed by atoms with Crippen LogP contribution in [0, 0.1) is 0 Å². The topological polar surface area (TPSA) is 49.8 Å². The zero-order valence-corrected chi connectivity index (χ0v) is 13.1. The third-order valence-electron chi connectivity index (χ3n) is 3.35. The molecule has 0 fully saturated rings. The number of carbonyl (C=O) groups is 1. The summed E-state index contributed by atoms with van der Waals surface area (Å²) in [6, 6.07) is 14.8. The van der Waals surface area contributed by atoms with Gasteiger partial charge in [0, 0.05) is 19.7 Å². The first-order valence-electron chi connectivity index (χ1n) is 7.19. The molecule has 2 aromatic rings. The number of nitrogens with zero attached hydrogens (tertiary/aromatic N) is 1. The standard InChI is InChI=1S/C18H21NO3/c1-13(20)16-5-4-6-17(11-16)22-12-14-7-9-15(10-8-14)18(21)19(2)3/h4-11,13,20H,12H2,1-3H3. The van der Waals surface area contributed by atoms with Crippen molar-refractivity contribution in [2.45, 2.75) is 19.6 Å². The van der Waals surface area contributed by atoms with Gasteiger partial charge >= 0.3 is 0 Å². The van der Waals surface area contributed by atoms with Crippen molar-refractivity contribution in [1.29, 1.82) is 0 Å². The van der Waals surface area contributed by atoms with Gasteiger partial charge in [0.1, 0.15) is 12.4 Å². The molecule has 0 aliphatic heterocycles. The van der Waals surface area contributed by atoms with E-state index >= 15 is 0 Å². The van der Waals surface area contributed by atoms with E-state index in [2.05, 4.69) is 0 Å². The van der Waals surface area contributed by atoms with Gasteiger partial charge in [-0.2, -0.15) is 0 Å². The van der Waals surface area contributed by atoms with Gasteiger partial charge in [-0.15, -0.1) is 0 Å². The van der Waals surface area contributed by atoms with Crippen LogP contribution in [0.4, 0.5) is 0 Å². The lowest BCUT2D eigenvalue weighted by atomic mass is 10.1. The van der Waals surface area contributed by atoms with Gasteiger partial charge in [0.05, 0.1) is 6.10 Å². The minimum atomic E-state index is -0.514. The highest BCUT2D eigenvalue weighted by molar-refractivity contribution is 5.93. The van der Waals surface area contributed by atoms with Crippen LogP contribution in [0.2, 0.25) is 0 Å². The van der Waals surface area contributed by atoms with Crippen molar-refractivity contribution in [2.24, 2.45) is 0 Å². The van der Waals surface area contributed by atoms with Gasteiger partial charge < -0.3 is 14.7 Å². The SMILES string of the molecule is CC(O)c1cccc(OCc2ccc(C(=O)N(C)C)cc2)c1. The van der Waals surface area contributed by atoms with Gasteiger partial charge in [-0.3, -0.25) is 4.79 Å². The molecule has 0 saturated heterocycles. The van der Waals surface area contributed by atoms with E-state index in [1.165, 1.54) is 0 Å². The fourth-order valence-corrected chi connectivity index (χ4v) is 2.03. The highest BCUT2D eigenvalue weighted by atomic mass is 16.5. The van der Waals surface area contributed by atoms with Gasteiger partial charge in [-0.1, -0.05) is 24.3 Å². The average Bonchev–Trinajstić information content (AvgIpc) is 2.53. The molecule has 0 bridgehead atoms. The third-order valence-corrected chi connectivity index (χ3v) is 3.35. The summed E-state index contributed by atoms with van der Waals surface area (Å²) in [5, 5.41) is 9.57. The van der Waals surface area contributed by atoms with Crippen molar-refractivity contribution < 1.29 is 14.6 Å². The molecular formula is C18H21NO3. The monoisotopic (exact) mass is 299 g/mol. The Morgan fingerprint density at radius 1 is 1.18 bits per heavy atom. The summed E-state index contributed by atoms with van der Waals surface area (Å²) < 4.78 is 5.72. The fraction of sp³-hybridized carbons (Fsp3) is 0.278. The minimum Gasteiger partial charge on any atom is -0.489 e. The maximum Gasteiger partial charge on any atom is 0.253 e. The molecule has 2 rings (SSSR count). The van der Waals surface area contributed by atoms with Crippen LogP contribution in [-0.4, -0.2) is 30.0 Å². The van der Waals surface area contributed by atoms with E-state index in [4.69, 9.17) is 4.74 Å². The smallest absolute Gasteiger partial charge is 0.253 e. The van der Waals surface area contributed by atoms with Crippen LogP contribution in [0.5, 0.6) is 5.75 Å².